The molecule has 30 heavy (non-hydrogen) atoms. The van der Waals surface area contributed by atoms with Gasteiger partial charge in [0, 0.05) is 5.56 Å². The summed E-state index contributed by atoms with van der Waals surface area (Å²) < 4.78 is 1.21. The van der Waals surface area contributed by atoms with E-state index in [1.165, 1.54) is 4.57 Å². The van der Waals surface area contributed by atoms with Crippen molar-refractivity contribution in [3.8, 4) is 22.5 Å². The topological polar surface area (TPSA) is 109 Å². The smallest absolute Gasteiger partial charge is 0.307 e. The summed E-state index contributed by atoms with van der Waals surface area (Å²) in [5.41, 5.74) is 3.45. The molecule has 0 saturated carbocycles. The Kier molecular flexibility index (Phi) is 4.29. The van der Waals surface area contributed by atoms with Gasteiger partial charge in [-0.15, -0.1) is 10.2 Å². The Labute approximate surface area is 169 Å². The molecule has 0 spiro atoms. The number of tetrazole rings is 1. The van der Waals surface area contributed by atoms with Crippen molar-refractivity contribution in [2.75, 3.05) is 0 Å². The van der Waals surface area contributed by atoms with Gasteiger partial charge in [0.05, 0.1) is 17.4 Å². The lowest BCUT2D eigenvalue weighted by molar-refractivity contribution is 0.712. The van der Waals surface area contributed by atoms with Crippen molar-refractivity contribution in [1.29, 1.82) is 0 Å². The van der Waals surface area contributed by atoms with Gasteiger partial charge in [0.2, 0.25) is 5.82 Å². The van der Waals surface area contributed by atoms with Crippen molar-refractivity contribution in [2.24, 2.45) is 0 Å². The van der Waals surface area contributed by atoms with Crippen molar-refractivity contribution in [2.45, 2.75) is 6.54 Å². The summed E-state index contributed by atoms with van der Waals surface area (Å²) in [6, 6.07) is 22.5. The number of hydrogen-bond donors (Lipinski definition) is 2. The molecule has 0 unspecified atom stereocenters. The third-order valence-corrected chi connectivity index (χ3v) is 5.01. The zero-order valence-electron chi connectivity index (χ0n) is 15.7. The van der Waals surface area contributed by atoms with Crippen molar-refractivity contribution >= 4 is 10.9 Å². The van der Waals surface area contributed by atoms with Crippen molar-refractivity contribution in [3.63, 3.8) is 0 Å². The van der Waals surface area contributed by atoms with Crippen LogP contribution in [0.2, 0.25) is 0 Å². The fourth-order valence-electron chi connectivity index (χ4n) is 3.52. The van der Waals surface area contributed by atoms with Crippen LogP contribution in [0.5, 0.6) is 0 Å². The van der Waals surface area contributed by atoms with Crippen LogP contribution in [0.25, 0.3) is 33.4 Å². The third-order valence-electron chi connectivity index (χ3n) is 5.01. The average molecular weight is 396 g/mol. The third kappa shape index (κ3) is 3.10. The van der Waals surface area contributed by atoms with Gasteiger partial charge in [-0.05, 0) is 34.0 Å². The molecular weight excluding hydrogens is 380 g/mol. The summed E-state index contributed by atoms with van der Waals surface area (Å²) in [6.07, 6.45) is 0. The highest BCUT2D eigenvalue weighted by Crippen LogP contribution is 2.29. The van der Waals surface area contributed by atoms with E-state index in [4.69, 9.17) is 0 Å². The van der Waals surface area contributed by atoms with E-state index >= 15 is 0 Å². The summed E-state index contributed by atoms with van der Waals surface area (Å²) in [6.45, 7) is 0.186. The van der Waals surface area contributed by atoms with E-state index in [1.807, 2.05) is 48.5 Å². The second-order valence-electron chi connectivity index (χ2n) is 6.84. The summed E-state index contributed by atoms with van der Waals surface area (Å²) in [7, 11) is 0. The number of rotatable bonds is 4. The Morgan fingerprint density at radius 2 is 1.57 bits per heavy atom. The van der Waals surface area contributed by atoms with Gasteiger partial charge < -0.3 is 4.98 Å². The predicted molar refractivity (Wildman–Crippen MR) is 113 cm³/mol. The molecule has 0 saturated heterocycles. The number of hydrogen-bond acceptors (Lipinski definition) is 5. The highest BCUT2D eigenvalue weighted by atomic mass is 16.2. The van der Waals surface area contributed by atoms with E-state index in [-0.39, 0.29) is 12.1 Å². The van der Waals surface area contributed by atoms with Crippen molar-refractivity contribution < 1.29 is 0 Å². The van der Waals surface area contributed by atoms with Gasteiger partial charge in [-0.1, -0.05) is 60.7 Å². The average Bonchev–Trinajstić information content (AvgIpc) is 3.32. The van der Waals surface area contributed by atoms with Crippen LogP contribution >= 0.6 is 0 Å². The van der Waals surface area contributed by atoms with Crippen molar-refractivity contribution in [3.05, 3.63) is 99.2 Å². The first-order chi connectivity index (χ1) is 14.7. The Bertz CT molecular complexity index is 1450. The molecule has 0 amide bonds. The zero-order valence-corrected chi connectivity index (χ0v) is 15.7. The molecule has 0 aliphatic heterocycles. The molecule has 0 atom stereocenters. The zero-order chi connectivity index (χ0) is 20.5. The second kappa shape index (κ2) is 7.25. The van der Waals surface area contributed by atoms with Crippen LogP contribution in [0.3, 0.4) is 0 Å². The Balaban J connectivity index is 1.50. The molecule has 0 aliphatic carbocycles. The SMILES string of the molecule is O=c1[nH]c2ccccc2c(=O)n1Cc1ccc(-c2ccccc2-c2nn[nH]n2)cc1. The van der Waals surface area contributed by atoms with Gasteiger partial charge in [0.15, 0.2) is 0 Å². The second-order valence-corrected chi connectivity index (χ2v) is 6.84. The molecule has 146 valence electrons. The number of benzene rings is 3. The monoisotopic (exact) mass is 396 g/mol. The lowest BCUT2D eigenvalue weighted by Gasteiger charge is -2.09. The minimum atomic E-state index is -0.426. The van der Waals surface area contributed by atoms with Crippen LogP contribution in [0.4, 0.5) is 0 Å². The molecule has 2 N–H and O–H groups in total. The normalized spacial score (nSPS) is 11.1. The van der Waals surface area contributed by atoms with E-state index < -0.39 is 5.69 Å². The predicted octanol–water partition coefficient (Wildman–Crippen LogP) is 2.59. The standard InChI is InChI=1S/C22H16N6O2/c29-21-18-7-3-4-8-19(18)23-22(30)28(21)13-14-9-11-15(12-10-14)16-5-1-2-6-17(16)20-24-26-27-25-20/h1-12H,13H2,(H,23,30)(H,24,25,26,27). The summed E-state index contributed by atoms with van der Waals surface area (Å²) in [4.78, 5) is 27.9. The number of nitrogens with zero attached hydrogens (tertiary/aromatic N) is 4. The first-order valence-corrected chi connectivity index (χ1v) is 9.35. The fraction of sp³-hybridized carbons (Fsp3) is 0.0455. The van der Waals surface area contributed by atoms with Crippen LogP contribution in [-0.4, -0.2) is 30.2 Å². The number of fused-ring (bicyclic) bond motifs is 1. The van der Waals surface area contributed by atoms with E-state index in [1.54, 1.807) is 24.3 Å². The van der Waals surface area contributed by atoms with Gasteiger partial charge in [-0.2, -0.15) is 5.21 Å². The summed E-state index contributed by atoms with van der Waals surface area (Å²) in [5, 5.41) is 14.7. The molecule has 8 heteroatoms. The van der Waals surface area contributed by atoms with Crippen LogP contribution in [0.1, 0.15) is 5.56 Å². The van der Waals surface area contributed by atoms with Gasteiger partial charge in [-0.3, -0.25) is 9.36 Å². The molecule has 0 radical (unpaired) electrons. The van der Waals surface area contributed by atoms with Gasteiger partial charge in [0.25, 0.3) is 5.56 Å². The molecule has 5 aromatic rings. The van der Waals surface area contributed by atoms with E-state index in [0.717, 1.165) is 22.3 Å². The van der Waals surface area contributed by atoms with E-state index in [0.29, 0.717) is 16.7 Å². The minimum Gasteiger partial charge on any atom is -0.307 e. The minimum absolute atomic E-state index is 0.186. The van der Waals surface area contributed by atoms with Crippen molar-refractivity contribution in [1.82, 2.24) is 30.2 Å². The van der Waals surface area contributed by atoms with Gasteiger partial charge >= 0.3 is 5.69 Å². The fourth-order valence-corrected chi connectivity index (χ4v) is 3.52. The first kappa shape index (κ1) is 17.7. The number of aromatic amines is 2. The Morgan fingerprint density at radius 3 is 2.33 bits per heavy atom. The highest BCUT2D eigenvalue weighted by molar-refractivity contribution is 5.80. The van der Waals surface area contributed by atoms with Gasteiger partial charge in [0.1, 0.15) is 0 Å². The first-order valence-electron chi connectivity index (χ1n) is 9.35. The summed E-state index contributed by atoms with van der Waals surface area (Å²) in [5.74, 6) is 0.518. The maximum Gasteiger partial charge on any atom is 0.329 e. The molecule has 0 bridgehead atoms. The van der Waals surface area contributed by atoms with Crippen LogP contribution < -0.4 is 11.2 Å². The molecule has 0 fully saturated rings. The number of aromatic nitrogens is 6. The Hall–Kier alpha value is -4.33. The molecule has 2 heterocycles. The Morgan fingerprint density at radius 1 is 0.833 bits per heavy atom. The number of para-hydroxylation sites is 1. The van der Waals surface area contributed by atoms with Crippen LogP contribution in [0.15, 0.2) is 82.4 Å². The van der Waals surface area contributed by atoms with E-state index in [2.05, 4.69) is 25.6 Å². The van der Waals surface area contributed by atoms with Gasteiger partial charge in [-0.25, -0.2) is 4.79 Å². The summed E-state index contributed by atoms with van der Waals surface area (Å²) >= 11 is 0. The van der Waals surface area contributed by atoms with E-state index in [9.17, 15) is 9.59 Å². The molecule has 3 aromatic carbocycles. The quantitative estimate of drug-likeness (QED) is 0.485. The maximum atomic E-state index is 12.7. The lowest BCUT2D eigenvalue weighted by Crippen LogP contribution is -2.35. The van der Waals surface area contributed by atoms with Crippen LogP contribution in [0, 0.1) is 0 Å². The molecule has 8 nitrogen and oxygen atoms in total. The number of H-pyrrole nitrogens is 2. The molecule has 2 aromatic heterocycles. The lowest BCUT2D eigenvalue weighted by atomic mass is 9.98. The highest BCUT2D eigenvalue weighted by Gasteiger charge is 2.11. The number of nitrogens with one attached hydrogen (secondary N) is 2. The van der Waals surface area contributed by atoms with Crippen LogP contribution in [-0.2, 0) is 6.54 Å². The molecular formula is C22H16N6O2. The largest absolute Gasteiger partial charge is 0.329 e. The molecule has 0 aliphatic rings. The maximum absolute atomic E-state index is 12.7. The molecule has 5 rings (SSSR count).